The third-order valence-corrected chi connectivity index (χ3v) is 4.96. The van der Waals surface area contributed by atoms with Gasteiger partial charge in [0.25, 0.3) is 0 Å². The molecule has 1 unspecified atom stereocenters. The first-order valence-electron chi connectivity index (χ1n) is 8.68. The zero-order valence-corrected chi connectivity index (χ0v) is 15.4. The highest BCUT2D eigenvalue weighted by molar-refractivity contribution is 6.31. The number of hydrogen-bond acceptors (Lipinski definition) is 4. The van der Waals surface area contributed by atoms with Crippen LogP contribution in [0.15, 0.2) is 18.2 Å². The van der Waals surface area contributed by atoms with Crippen molar-refractivity contribution in [3.8, 4) is 0 Å². The quantitative estimate of drug-likeness (QED) is 0.889. The molecule has 2 amide bonds. The fraction of sp³-hybridized carbons (Fsp3) is 0.556. The largest absolute Gasteiger partial charge is 0.378 e. The number of amides is 2. The van der Waals surface area contributed by atoms with Gasteiger partial charge in [0.1, 0.15) is 0 Å². The molecule has 2 saturated heterocycles. The van der Waals surface area contributed by atoms with E-state index in [0.29, 0.717) is 30.5 Å². The zero-order chi connectivity index (χ0) is 18.0. The number of nitrogens with zero attached hydrogens (tertiary/aromatic N) is 2. The van der Waals surface area contributed by atoms with Crippen LogP contribution in [0.5, 0.6) is 0 Å². The van der Waals surface area contributed by atoms with E-state index in [1.165, 1.54) is 0 Å². The third kappa shape index (κ3) is 4.07. The molecule has 2 fully saturated rings. The van der Waals surface area contributed by atoms with Crippen molar-refractivity contribution in [1.82, 2.24) is 4.90 Å². The Morgan fingerprint density at radius 3 is 2.68 bits per heavy atom. The predicted molar refractivity (Wildman–Crippen MR) is 98.1 cm³/mol. The highest BCUT2D eigenvalue weighted by atomic mass is 35.5. The van der Waals surface area contributed by atoms with Gasteiger partial charge in [-0.05, 0) is 32.0 Å². The van der Waals surface area contributed by atoms with Gasteiger partial charge in [0.05, 0.1) is 30.5 Å². The molecular formula is C18H24ClN3O3. The molecule has 2 heterocycles. The molecule has 25 heavy (non-hydrogen) atoms. The monoisotopic (exact) mass is 365 g/mol. The first-order valence-corrected chi connectivity index (χ1v) is 9.06. The lowest BCUT2D eigenvalue weighted by Gasteiger charge is -2.30. The average Bonchev–Trinajstić information content (AvgIpc) is 2.98. The van der Waals surface area contributed by atoms with Crippen LogP contribution >= 0.6 is 11.6 Å². The molecule has 7 heteroatoms. The second-order valence-electron chi connectivity index (χ2n) is 6.79. The number of anilines is 2. The first-order chi connectivity index (χ1) is 12.0. The molecule has 1 N–H and O–H groups in total. The second-order valence-corrected chi connectivity index (χ2v) is 7.23. The van der Waals surface area contributed by atoms with Crippen molar-refractivity contribution < 1.29 is 14.3 Å². The number of halogens is 1. The number of rotatable bonds is 4. The fourth-order valence-corrected chi connectivity index (χ4v) is 3.50. The Bertz CT molecular complexity index is 659. The van der Waals surface area contributed by atoms with Crippen molar-refractivity contribution >= 4 is 34.8 Å². The van der Waals surface area contributed by atoms with Crippen LogP contribution in [0.3, 0.4) is 0 Å². The van der Waals surface area contributed by atoms with Gasteiger partial charge in [-0.1, -0.05) is 11.6 Å². The predicted octanol–water partition coefficient (Wildman–Crippen LogP) is 2.37. The summed E-state index contributed by atoms with van der Waals surface area (Å²) in [6.45, 7) is 7.27. The van der Waals surface area contributed by atoms with Crippen LogP contribution < -0.4 is 10.2 Å². The first kappa shape index (κ1) is 18.0. The highest BCUT2D eigenvalue weighted by Gasteiger charge is 2.35. The van der Waals surface area contributed by atoms with Crippen LogP contribution in [0.1, 0.15) is 20.3 Å². The Morgan fingerprint density at radius 1 is 1.32 bits per heavy atom. The maximum absolute atomic E-state index is 12.7. The van der Waals surface area contributed by atoms with Gasteiger partial charge in [-0.2, -0.15) is 0 Å². The molecule has 1 aromatic rings. The zero-order valence-electron chi connectivity index (χ0n) is 14.6. The summed E-state index contributed by atoms with van der Waals surface area (Å²) in [6, 6.07) is 5.62. The number of likely N-dealkylation sites (tertiary alicyclic amines) is 1. The van der Waals surface area contributed by atoms with Crippen LogP contribution in [-0.4, -0.2) is 55.6 Å². The van der Waals surface area contributed by atoms with Gasteiger partial charge in [0.2, 0.25) is 11.8 Å². The van der Waals surface area contributed by atoms with Crippen LogP contribution in [0.25, 0.3) is 0 Å². The summed E-state index contributed by atoms with van der Waals surface area (Å²) in [4.78, 5) is 28.7. The van der Waals surface area contributed by atoms with Crippen molar-refractivity contribution in [2.45, 2.75) is 26.3 Å². The lowest BCUT2D eigenvalue weighted by Crippen LogP contribution is -2.37. The van der Waals surface area contributed by atoms with E-state index in [0.717, 1.165) is 18.8 Å². The lowest BCUT2D eigenvalue weighted by atomic mass is 10.1. The van der Waals surface area contributed by atoms with Gasteiger partial charge in [-0.15, -0.1) is 0 Å². The van der Waals surface area contributed by atoms with Crippen LogP contribution in [-0.2, 0) is 14.3 Å². The van der Waals surface area contributed by atoms with E-state index in [2.05, 4.69) is 10.2 Å². The van der Waals surface area contributed by atoms with Crippen molar-refractivity contribution in [3.05, 3.63) is 23.2 Å². The molecule has 0 bridgehead atoms. The molecular weight excluding hydrogens is 342 g/mol. The molecule has 0 spiro atoms. The summed E-state index contributed by atoms with van der Waals surface area (Å²) >= 11 is 6.13. The summed E-state index contributed by atoms with van der Waals surface area (Å²) in [5.41, 5.74) is 1.63. The number of hydrogen-bond donors (Lipinski definition) is 1. The normalized spacial score (nSPS) is 21.1. The fourth-order valence-electron chi connectivity index (χ4n) is 3.33. The topological polar surface area (TPSA) is 61.9 Å². The Morgan fingerprint density at radius 2 is 2.04 bits per heavy atom. The van der Waals surface area contributed by atoms with E-state index < -0.39 is 0 Å². The van der Waals surface area contributed by atoms with E-state index in [1.807, 2.05) is 26.0 Å². The number of morpholine rings is 1. The molecule has 0 radical (unpaired) electrons. The standard InChI is InChI=1S/C18H24ClN3O3/c1-12(2)22-11-13(9-17(22)23)18(24)20-15-10-14(19)3-4-16(15)21-5-7-25-8-6-21/h3-4,10,12-13H,5-9,11H2,1-2H3,(H,20,24). The molecule has 2 aliphatic rings. The van der Waals surface area contributed by atoms with E-state index in [1.54, 1.807) is 11.0 Å². The Kier molecular flexibility index (Phi) is 5.49. The minimum absolute atomic E-state index is 0.0367. The Labute approximate surface area is 153 Å². The number of nitrogens with one attached hydrogen (secondary N) is 1. The van der Waals surface area contributed by atoms with E-state index in [4.69, 9.17) is 16.3 Å². The van der Waals surface area contributed by atoms with Gasteiger partial charge in [-0.25, -0.2) is 0 Å². The summed E-state index contributed by atoms with van der Waals surface area (Å²) in [5, 5.41) is 3.55. The van der Waals surface area contributed by atoms with Crippen LogP contribution in [0.4, 0.5) is 11.4 Å². The number of benzene rings is 1. The molecule has 3 rings (SSSR count). The van der Waals surface area contributed by atoms with E-state index >= 15 is 0 Å². The SMILES string of the molecule is CC(C)N1CC(C(=O)Nc2cc(Cl)ccc2N2CCOCC2)CC1=O. The molecule has 6 nitrogen and oxygen atoms in total. The van der Waals surface area contributed by atoms with Gasteiger partial charge >= 0.3 is 0 Å². The number of ether oxygens (including phenoxy) is 1. The van der Waals surface area contributed by atoms with E-state index in [9.17, 15) is 9.59 Å². The molecule has 2 aliphatic heterocycles. The smallest absolute Gasteiger partial charge is 0.229 e. The van der Waals surface area contributed by atoms with Gasteiger partial charge < -0.3 is 19.9 Å². The molecule has 0 aliphatic carbocycles. The minimum Gasteiger partial charge on any atom is -0.378 e. The molecule has 1 aromatic carbocycles. The molecule has 136 valence electrons. The third-order valence-electron chi connectivity index (χ3n) is 4.72. The maximum atomic E-state index is 12.7. The summed E-state index contributed by atoms with van der Waals surface area (Å²) in [6.07, 6.45) is 0.261. The second kappa shape index (κ2) is 7.62. The minimum atomic E-state index is -0.327. The van der Waals surface area contributed by atoms with Gasteiger partial charge in [-0.3, -0.25) is 9.59 Å². The summed E-state index contributed by atoms with van der Waals surface area (Å²) in [7, 11) is 0. The summed E-state index contributed by atoms with van der Waals surface area (Å²) < 4.78 is 5.40. The average molecular weight is 366 g/mol. The molecule has 0 aromatic heterocycles. The Balaban J connectivity index is 1.75. The Hall–Kier alpha value is -1.79. The van der Waals surface area contributed by atoms with Crippen LogP contribution in [0.2, 0.25) is 5.02 Å². The number of carbonyl (C=O) groups is 2. The van der Waals surface area contributed by atoms with E-state index in [-0.39, 0.29) is 30.2 Å². The van der Waals surface area contributed by atoms with Gasteiger partial charge in [0, 0.05) is 37.1 Å². The van der Waals surface area contributed by atoms with Gasteiger partial charge in [0.15, 0.2) is 0 Å². The maximum Gasteiger partial charge on any atom is 0.229 e. The molecule has 0 saturated carbocycles. The molecule has 1 atom stereocenters. The number of carbonyl (C=O) groups excluding carboxylic acids is 2. The van der Waals surface area contributed by atoms with Crippen molar-refractivity contribution in [1.29, 1.82) is 0 Å². The lowest BCUT2D eigenvalue weighted by molar-refractivity contribution is -0.129. The van der Waals surface area contributed by atoms with Crippen molar-refractivity contribution in [2.75, 3.05) is 43.1 Å². The van der Waals surface area contributed by atoms with Crippen molar-refractivity contribution in [3.63, 3.8) is 0 Å². The summed E-state index contributed by atoms with van der Waals surface area (Å²) in [5.74, 6) is -0.422. The highest BCUT2D eigenvalue weighted by Crippen LogP contribution is 2.31. The van der Waals surface area contributed by atoms with Crippen LogP contribution in [0, 0.1) is 5.92 Å². The van der Waals surface area contributed by atoms with Crippen molar-refractivity contribution in [2.24, 2.45) is 5.92 Å².